The standard InChI is InChI=1S/C15H17N7O/c1-11(22-10-17-19-20-22)15(23)18-13(12-6-4-3-5-7-12)14-16-8-9-21(14)2/h3-11,13H,1-2H3,(H,18,23). The van der Waals surface area contributed by atoms with E-state index in [0.717, 1.165) is 11.4 Å². The highest BCUT2D eigenvalue weighted by atomic mass is 16.2. The van der Waals surface area contributed by atoms with Crippen LogP contribution in [-0.4, -0.2) is 35.7 Å². The van der Waals surface area contributed by atoms with Crippen LogP contribution in [0, 0.1) is 0 Å². The van der Waals surface area contributed by atoms with Gasteiger partial charge in [-0.3, -0.25) is 4.79 Å². The molecule has 0 spiro atoms. The second-order valence-corrected chi connectivity index (χ2v) is 5.21. The molecule has 3 rings (SSSR count). The van der Waals surface area contributed by atoms with E-state index in [9.17, 15) is 4.79 Å². The average Bonchev–Trinajstić information content (AvgIpc) is 3.24. The van der Waals surface area contributed by atoms with Gasteiger partial charge in [0.05, 0.1) is 0 Å². The third-order valence-electron chi connectivity index (χ3n) is 3.68. The molecule has 118 valence electrons. The van der Waals surface area contributed by atoms with Crippen molar-refractivity contribution < 1.29 is 4.79 Å². The fourth-order valence-electron chi connectivity index (χ4n) is 2.33. The minimum atomic E-state index is -0.517. The number of carbonyl (C=O) groups is 1. The molecule has 1 aromatic carbocycles. The van der Waals surface area contributed by atoms with Crippen molar-refractivity contribution in [3.8, 4) is 0 Å². The van der Waals surface area contributed by atoms with E-state index < -0.39 is 6.04 Å². The van der Waals surface area contributed by atoms with Crippen molar-refractivity contribution in [3.63, 3.8) is 0 Å². The molecule has 2 atom stereocenters. The smallest absolute Gasteiger partial charge is 0.245 e. The maximum atomic E-state index is 12.6. The lowest BCUT2D eigenvalue weighted by Crippen LogP contribution is -2.36. The Morgan fingerprint density at radius 2 is 2.04 bits per heavy atom. The summed E-state index contributed by atoms with van der Waals surface area (Å²) in [6, 6.07) is 8.86. The van der Waals surface area contributed by atoms with Gasteiger partial charge in [-0.15, -0.1) is 5.10 Å². The Morgan fingerprint density at radius 3 is 2.65 bits per heavy atom. The molecule has 0 aliphatic heterocycles. The molecule has 3 aromatic rings. The number of carbonyl (C=O) groups excluding carboxylic acids is 1. The Bertz CT molecular complexity index is 766. The van der Waals surface area contributed by atoms with Crippen LogP contribution in [0.2, 0.25) is 0 Å². The van der Waals surface area contributed by atoms with Crippen LogP contribution in [0.5, 0.6) is 0 Å². The van der Waals surface area contributed by atoms with Gasteiger partial charge in [0.25, 0.3) is 0 Å². The van der Waals surface area contributed by atoms with Gasteiger partial charge in [-0.2, -0.15) is 0 Å². The topological polar surface area (TPSA) is 90.5 Å². The lowest BCUT2D eigenvalue weighted by atomic mass is 10.1. The maximum absolute atomic E-state index is 12.6. The fraction of sp³-hybridized carbons (Fsp3) is 0.267. The summed E-state index contributed by atoms with van der Waals surface area (Å²) in [5, 5.41) is 13.9. The number of benzene rings is 1. The molecule has 0 fully saturated rings. The summed E-state index contributed by atoms with van der Waals surface area (Å²) in [4.78, 5) is 16.9. The van der Waals surface area contributed by atoms with Crippen LogP contribution < -0.4 is 5.32 Å². The van der Waals surface area contributed by atoms with Gasteiger partial charge in [0.2, 0.25) is 5.91 Å². The Labute approximate surface area is 133 Å². The first-order valence-electron chi connectivity index (χ1n) is 7.22. The van der Waals surface area contributed by atoms with Crippen molar-refractivity contribution in [2.24, 2.45) is 7.05 Å². The third kappa shape index (κ3) is 3.10. The summed E-state index contributed by atoms with van der Waals surface area (Å²) in [7, 11) is 1.90. The largest absolute Gasteiger partial charge is 0.340 e. The van der Waals surface area contributed by atoms with Gasteiger partial charge in [-0.05, 0) is 22.9 Å². The van der Waals surface area contributed by atoms with Gasteiger partial charge in [-0.1, -0.05) is 30.3 Å². The monoisotopic (exact) mass is 311 g/mol. The number of nitrogens with one attached hydrogen (secondary N) is 1. The summed E-state index contributed by atoms with van der Waals surface area (Å²) in [5.41, 5.74) is 0.957. The Morgan fingerprint density at radius 1 is 1.26 bits per heavy atom. The number of rotatable bonds is 5. The van der Waals surface area contributed by atoms with Crippen LogP contribution in [0.25, 0.3) is 0 Å². The van der Waals surface area contributed by atoms with Crippen LogP contribution in [0.1, 0.15) is 30.4 Å². The molecule has 1 amide bonds. The zero-order chi connectivity index (χ0) is 16.2. The normalized spacial score (nSPS) is 13.5. The molecule has 0 radical (unpaired) electrons. The molecule has 0 saturated heterocycles. The second-order valence-electron chi connectivity index (χ2n) is 5.21. The summed E-state index contributed by atoms with van der Waals surface area (Å²) in [5.74, 6) is 0.572. The number of aromatic nitrogens is 6. The highest BCUT2D eigenvalue weighted by molar-refractivity contribution is 5.80. The zero-order valence-electron chi connectivity index (χ0n) is 12.9. The third-order valence-corrected chi connectivity index (χ3v) is 3.68. The Hall–Kier alpha value is -3.03. The highest BCUT2D eigenvalue weighted by Gasteiger charge is 2.24. The molecular weight excluding hydrogens is 294 g/mol. The Kier molecular flexibility index (Phi) is 4.13. The minimum Gasteiger partial charge on any atom is -0.340 e. The van der Waals surface area contributed by atoms with Crippen molar-refractivity contribution in [3.05, 3.63) is 60.4 Å². The number of aryl methyl sites for hydroxylation is 1. The number of hydrogen-bond donors (Lipinski definition) is 1. The average molecular weight is 311 g/mol. The van der Waals surface area contributed by atoms with E-state index in [2.05, 4.69) is 25.8 Å². The maximum Gasteiger partial charge on any atom is 0.245 e. The van der Waals surface area contributed by atoms with E-state index in [1.54, 1.807) is 13.1 Å². The predicted octanol–water partition coefficient (Wildman–Crippen LogP) is 0.873. The van der Waals surface area contributed by atoms with Gasteiger partial charge < -0.3 is 9.88 Å². The molecule has 0 aliphatic carbocycles. The summed E-state index contributed by atoms with van der Waals surface area (Å²) >= 11 is 0. The molecule has 23 heavy (non-hydrogen) atoms. The molecule has 0 saturated carbocycles. The molecule has 2 unspecified atom stereocenters. The van der Waals surface area contributed by atoms with Crippen molar-refractivity contribution in [2.45, 2.75) is 19.0 Å². The molecule has 1 N–H and O–H groups in total. The van der Waals surface area contributed by atoms with E-state index >= 15 is 0 Å². The first-order chi connectivity index (χ1) is 11.2. The minimum absolute atomic E-state index is 0.186. The van der Waals surface area contributed by atoms with E-state index in [-0.39, 0.29) is 11.9 Å². The molecule has 2 aromatic heterocycles. The van der Waals surface area contributed by atoms with E-state index in [0.29, 0.717) is 0 Å². The molecule has 0 aliphatic rings. The van der Waals surface area contributed by atoms with Crippen LogP contribution in [0.4, 0.5) is 0 Å². The SMILES string of the molecule is CC(C(=O)NC(c1ccccc1)c1nccn1C)n1cnnn1. The summed E-state index contributed by atoms with van der Waals surface area (Å²) in [6.07, 6.45) is 4.98. The van der Waals surface area contributed by atoms with Gasteiger partial charge in [0.15, 0.2) is 0 Å². The van der Waals surface area contributed by atoms with E-state index in [4.69, 9.17) is 0 Å². The van der Waals surface area contributed by atoms with Crippen molar-refractivity contribution in [1.29, 1.82) is 0 Å². The molecule has 8 heteroatoms. The molecular formula is C15H17N7O. The number of imidazole rings is 1. The van der Waals surface area contributed by atoms with E-state index in [1.165, 1.54) is 11.0 Å². The lowest BCUT2D eigenvalue weighted by Gasteiger charge is -2.21. The van der Waals surface area contributed by atoms with E-state index in [1.807, 2.05) is 48.1 Å². The number of tetrazole rings is 1. The number of hydrogen-bond acceptors (Lipinski definition) is 5. The lowest BCUT2D eigenvalue weighted by molar-refractivity contribution is -0.124. The first-order valence-corrected chi connectivity index (χ1v) is 7.22. The fourth-order valence-corrected chi connectivity index (χ4v) is 2.33. The predicted molar refractivity (Wildman–Crippen MR) is 82.2 cm³/mol. The zero-order valence-corrected chi connectivity index (χ0v) is 12.9. The molecule has 0 bridgehead atoms. The van der Waals surface area contributed by atoms with Gasteiger partial charge >= 0.3 is 0 Å². The first kappa shape index (κ1) is 14.9. The summed E-state index contributed by atoms with van der Waals surface area (Å²) < 4.78 is 3.30. The molecule has 2 heterocycles. The van der Waals surface area contributed by atoms with Gasteiger partial charge in [0.1, 0.15) is 24.2 Å². The van der Waals surface area contributed by atoms with Crippen molar-refractivity contribution in [1.82, 2.24) is 35.1 Å². The summed E-state index contributed by atoms with van der Waals surface area (Å²) in [6.45, 7) is 1.74. The molecule has 8 nitrogen and oxygen atoms in total. The number of amides is 1. The van der Waals surface area contributed by atoms with Crippen LogP contribution in [0.3, 0.4) is 0 Å². The highest BCUT2D eigenvalue weighted by Crippen LogP contribution is 2.21. The van der Waals surface area contributed by atoms with Crippen molar-refractivity contribution >= 4 is 5.91 Å². The van der Waals surface area contributed by atoms with Crippen LogP contribution in [-0.2, 0) is 11.8 Å². The number of nitrogens with zero attached hydrogens (tertiary/aromatic N) is 6. The van der Waals surface area contributed by atoms with Gasteiger partial charge in [-0.25, -0.2) is 9.67 Å². The van der Waals surface area contributed by atoms with Crippen LogP contribution in [0.15, 0.2) is 49.1 Å². The second kappa shape index (κ2) is 6.39. The van der Waals surface area contributed by atoms with Crippen LogP contribution >= 0.6 is 0 Å². The van der Waals surface area contributed by atoms with Gasteiger partial charge in [0, 0.05) is 19.4 Å². The van der Waals surface area contributed by atoms with Crippen molar-refractivity contribution in [2.75, 3.05) is 0 Å². The Balaban J connectivity index is 1.88. The quantitative estimate of drug-likeness (QED) is 0.755.